The summed E-state index contributed by atoms with van der Waals surface area (Å²) >= 11 is 0. The fourth-order valence-electron chi connectivity index (χ4n) is 3.19. The molecule has 0 aliphatic carbocycles. The number of nitrogens with zero attached hydrogens (tertiary/aromatic N) is 1. The summed E-state index contributed by atoms with van der Waals surface area (Å²) in [5, 5.41) is 10.7. The molecule has 0 heterocycles. The minimum atomic E-state index is -1.01. The van der Waals surface area contributed by atoms with Gasteiger partial charge in [-0.25, -0.2) is 4.79 Å². The molecule has 0 aliphatic heterocycles. The van der Waals surface area contributed by atoms with Gasteiger partial charge in [0.1, 0.15) is 5.75 Å². The lowest BCUT2D eigenvalue weighted by molar-refractivity contribution is -0.384. The van der Waals surface area contributed by atoms with Crippen LogP contribution in [0.1, 0.15) is 16.7 Å². The number of methoxy groups -OCH3 is 3. The molecule has 3 rings (SSSR count). The second-order valence-electron chi connectivity index (χ2n) is 7.02. The fraction of sp³-hybridized carbons (Fsp3) is 0.160. The lowest BCUT2D eigenvalue weighted by atomic mass is 10.1. The van der Waals surface area contributed by atoms with Gasteiger partial charge in [0.25, 0.3) is 5.69 Å². The molecule has 0 saturated heterocycles. The molecule has 3 aromatic rings. The van der Waals surface area contributed by atoms with Crippen molar-refractivity contribution >= 4 is 24.0 Å². The molecule has 9 heteroatoms. The van der Waals surface area contributed by atoms with E-state index in [1.807, 2.05) is 31.2 Å². The lowest BCUT2D eigenvalue weighted by Crippen LogP contribution is -2.14. The van der Waals surface area contributed by atoms with E-state index in [0.29, 0.717) is 17.2 Å². The summed E-state index contributed by atoms with van der Waals surface area (Å²) in [6.45, 7) is 1.93. The van der Waals surface area contributed by atoms with E-state index in [9.17, 15) is 14.9 Å². The quantitative estimate of drug-likeness (QED) is 0.138. The summed E-state index contributed by atoms with van der Waals surface area (Å²) in [5.41, 5.74) is 2.44. The molecule has 0 amide bonds. The molecule has 0 bridgehead atoms. The van der Waals surface area contributed by atoms with Crippen molar-refractivity contribution in [1.82, 2.24) is 0 Å². The van der Waals surface area contributed by atoms with E-state index < -0.39 is 11.1 Å². The second kappa shape index (κ2) is 10.9. The van der Waals surface area contributed by atoms with E-state index >= 15 is 0 Å². The monoisotopic (exact) mass is 465 g/mol. The standard InChI is InChI=1S/C25H23NO8/c1-16-13-18(15-23(31-3)24(16)32-4)6-5-17-7-12-21(30-2)22(14-17)34-25(27)33-20-10-8-19(9-11-20)26(28)29/h5-15H,1-4H3/b6-5-. The van der Waals surface area contributed by atoms with Gasteiger partial charge in [-0.3, -0.25) is 10.1 Å². The summed E-state index contributed by atoms with van der Waals surface area (Å²) < 4.78 is 26.4. The molecule has 3 aromatic carbocycles. The highest BCUT2D eigenvalue weighted by molar-refractivity contribution is 5.74. The lowest BCUT2D eigenvalue weighted by Gasteiger charge is -2.11. The molecule has 0 saturated carbocycles. The first-order valence-corrected chi connectivity index (χ1v) is 10.1. The number of carbonyl (C=O) groups is 1. The second-order valence-corrected chi connectivity index (χ2v) is 7.02. The molecule has 0 aromatic heterocycles. The van der Waals surface area contributed by atoms with Crippen molar-refractivity contribution in [3.63, 3.8) is 0 Å². The Balaban J connectivity index is 1.77. The molecule has 0 atom stereocenters. The van der Waals surface area contributed by atoms with Gasteiger partial charge in [0.2, 0.25) is 0 Å². The van der Waals surface area contributed by atoms with Gasteiger partial charge in [-0.05, 0) is 60.0 Å². The Morgan fingerprint density at radius 2 is 1.44 bits per heavy atom. The van der Waals surface area contributed by atoms with E-state index in [1.54, 1.807) is 32.4 Å². The van der Waals surface area contributed by atoms with Crippen LogP contribution < -0.4 is 23.7 Å². The van der Waals surface area contributed by atoms with Gasteiger partial charge < -0.3 is 23.7 Å². The zero-order chi connectivity index (χ0) is 24.7. The number of hydrogen-bond acceptors (Lipinski definition) is 8. The molecule has 0 radical (unpaired) electrons. The number of benzene rings is 3. The third-order valence-corrected chi connectivity index (χ3v) is 4.78. The third-order valence-electron chi connectivity index (χ3n) is 4.78. The molecule has 0 unspecified atom stereocenters. The van der Waals surface area contributed by atoms with E-state index in [0.717, 1.165) is 16.7 Å². The number of nitro groups is 1. The van der Waals surface area contributed by atoms with Crippen LogP contribution in [0.4, 0.5) is 10.5 Å². The van der Waals surface area contributed by atoms with Crippen molar-refractivity contribution in [2.45, 2.75) is 6.92 Å². The van der Waals surface area contributed by atoms with Gasteiger partial charge in [0, 0.05) is 12.1 Å². The number of nitro benzene ring substituents is 1. The summed E-state index contributed by atoms with van der Waals surface area (Å²) in [5.74, 6) is 1.88. The van der Waals surface area contributed by atoms with E-state index in [4.69, 9.17) is 23.7 Å². The molecular formula is C25H23NO8. The molecular weight excluding hydrogens is 442 g/mol. The highest BCUT2D eigenvalue weighted by Gasteiger charge is 2.14. The third kappa shape index (κ3) is 5.83. The van der Waals surface area contributed by atoms with Gasteiger partial charge in [0.05, 0.1) is 26.3 Å². The average Bonchev–Trinajstić information content (AvgIpc) is 2.82. The van der Waals surface area contributed by atoms with Gasteiger partial charge in [-0.1, -0.05) is 18.2 Å². The summed E-state index contributed by atoms with van der Waals surface area (Å²) in [7, 11) is 4.62. The number of non-ortho nitro benzene ring substituents is 1. The largest absolute Gasteiger partial charge is 0.519 e. The van der Waals surface area contributed by atoms with Gasteiger partial charge in [-0.15, -0.1) is 0 Å². The maximum absolute atomic E-state index is 12.3. The Kier molecular flexibility index (Phi) is 7.71. The number of rotatable bonds is 8. The Labute approximate surface area is 196 Å². The number of carbonyl (C=O) groups excluding carboxylic acids is 1. The predicted molar refractivity (Wildman–Crippen MR) is 126 cm³/mol. The predicted octanol–water partition coefficient (Wildman–Crippen LogP) is 5.68. The van der Waals surface area contributed by atoms with E-state index in [1.165, 1.54) is 31.4 Å². The average molecular weight is 465 g/mol. The van der Waals surface area contributed by atoms with Gasteiger partial charge in [-0.2, -0.15) is 0 Å². The van der Waals surface area contributed by atoms with Crippen molar-refractivity contribution < 1.29 is 33.4 Å². The van der Waals surface area contributed by atoms with Crippen molar-refractivity contribution in [3.8, 4) is 28.7 Å². The molecule has 0 fully saturated rings. The van der Waals surface area contributed by atoms with E-state index in [-0.39, 0.29) is 17.2 Å². The number of aryl methyl sites for hydroxylation is 1. The zero-order valence-electron chi connectivity index (χ0n) is 19.1. The minimum Gasteiger partial charge on any atom is -0.493 e. The van der Waals surface area contributed by atoms with Gasteiger partial charge in [0.15, 0.2) is 23.0 Å². The summed E-state index contributed by atoms with van der Waals surface area (Å²) in [6, 6.07) is 14.0. The van der Waals surface area contributed by atoms with Crippen LogP contribution in [0.15, 0.2) is 54.6 Å². The Bertz CT molecular complexity index is 1220. The van der Waals surface area contributed by atoms with E-state index in [2.05, 4.69) is 0 Å². The van der Waals surface area contributed by atoms with Crippen LogP contribution in [0.2, 0.25) is 0 Å². The molecule has 176 valence electrons. The summed E-state index contributed by atoms with van der Waals surface area (Å²) in [4.78, 5) is 22.4. The van der Waals surface area contributed by atoms with Crippen LogP contribution in [0.25, 0.3) is 12.2 Å². The SMILES string of the molecule is COc1ccc(/C=C\c2cc(C)c(OC)c(OC)c2)cc1OC(=O)Oc1ccc([N+](=O)[O-])cc1. The fourth-order valence-corrected chi connectivity index (χ4v) is 3.19. The number of hydrogen-bond donors (Lipinski definition) is 0. The van der Waals surface area contributed by atoms with Crippen LogP contribution in [0, 0.1) is 17.0 Å². The van der Waals surface area contributed by atoms with Crippen molar-refractivity contribution in [2.75, 3.05) is 21.3 Å². The molecule has 0 aliphatic rings. The van der Waals surface area contributed by atoms with Crippen molar-refractivity contribution in [1.29, 1.82) is 0 Å². The van der Waals surface area contributed by atoms with Crippen LogP contribution in [0.5, 0.6) is 28.7 Å². The number of ether oxygens (including phenoxy) is 5. The molecule has 0 spiro atoms. The maximum Gasteiger partial charge on any atom is 0.519 e. The van der Waals surface area contributed by atoms with Crippen molar-refractivity contribution in [3.05, 3.63) is 81.4 Å². The van der Waals surface area contributed by atoms with Crippen LogP contribution >= 0.6 is 0 Å². The normalized spacial score (nSPS) is 10.6. The van der Waals surface area contributed by atoms with Crippen LogP contribution in [0.3, 0.4) is 0 Å². The molecule has 9 nitrogen and oxygen atoms in total. The highest BCUT2D eigenvalue weighted by atomic mass is 16.7. The summed E-state index contributed by atoms with van der Waals surface area (Å²) in [6.07, 6.45) is 2.72. The zero-order valence-corrected chi connectivity index (χ0v) is 19.1. The van der Waals surface area contributed by atoms with Crippen molar-refractivity contribution in [2.24, 2.45) is 0 Å². The Hall–Kier alpha value is -4.53. The Morgan fingerprint density at radius 1 is 0.794 bits per heavy atom. The molecule has 0 N–H and O–H groups in total. The topological polar surface area (TPSA) is 106 Å². The first-order chi connectivity index (χ1) is 16.3. The maximum atomic E-state index is 12.3. The smallest absolute Gasteiger partial charge is 0.493 e. The first kappa shape index (κ1) is 24.1. The molecule has 34 heavy (non-hydrogen) atoms. The van der Waals surface area contributed by atoms with Gasteiger partial charge >= 0.3 is 6.16 Å². The first-order valence-electron chi connectivity index (χ1n) is 10.1. The Morgan fingerprint density at radius 3 is 2.06 bits per heavy atom. The highest BCUT2D eigenvalue weighted by Crippen LogP contribution is 2.33. The minimum absolute atomic E-state index is 0.106. The van der Waals surface area contributed by atoms with Crippen LogP contribution in [-0.2, 0) is 0 Å². The van der Waals surface area contributed by atoms with Crippen LogP contribution in [-0.4, -0.2) is 32.4 Å².